The van der Waals surface area contributed by atoms with Gasteiger partial charge in [-0.2, -0.15) is 0 Å². The van der Waals surface area contributed by atoms with E-state index < -0.39 is 5.97 Å². The van der Waals surface area contributed by atoms with Crippen LogP contribution in [0.5, 0.6) is 0 Å². The molecular formula is C13H22N2O3. The monoisotopic (exact) mass is 254 g/mol. The molecule has 0 bridgehead atoms. The Kier molecular flexibility index (Phi) is 4.58. The average Bonchev–Trinajstić information content (AvgIpc) is 2.89. The average molecular weight is 254 g/mol. The lowest BCUT2D eigenvalue weighted by molar-refractivity contribution is -0.137. The Bertz CT molecular complexity index is 319. The summed E-state index contributed by atoms with van der Waals surface area (Å²) in [6.07, 6.45) is 5.37. The minimum absolute atomic E-state index is 0.0825. The van der Waals surface area contributed by atoms with Crippen molar-refractivity contribution in [1.82, 2.24) is 10.2 Å². The molecule has 2 fully saturated rings. The van der Waals surface area contributed by atoms with Crippen LogP contribution in [0.2, 0.25) is 0 Å². The molecule has 2 heterocycles. The van der Waals surface area contributed by atoms with Crippen molar-refractivity contribution in [2.75, 3.05) is 13.1 Å². The first-order valence-electron chi connectivity index (χ1n) is 6.92. The predicted molar refractivity (Wildman–Crippen MR) is 67.2 cm³/mol. The molecule has 2 aliphatic heterocycles. The van der Waals surface area contributed by atoms with Gasteiger partial charge in [-0.25, -0.2) is 0 Å². The molecule has 5 heteroatoms. The van der Waals surface area contributed by atoms with E-state index in [1.54, 1.807) is 0 Å². The number of carbonyl (C=O) groups excluding carboxylic acids is 1. The van der Waals surface area contributed by atoms with Gasteiger partial charge >= 0.3 is 5.97 Å². The van der Waals surface area contributed by atoms with E-state index in [4.69, 9.17) is 5.11 Å². The van der Waals surface area contributed by atoms with Crippen molar-refractivity contribution in [3.05, 3.63) is 0 Å². The molecule has 1 amide bonds. The van der Waals surface area contributed by atoms with Crippen molar-refractivity contribution in [3.8, 4) is 0 Å². The summed E-state index contributed by atoms with van der Waals surface area (Å²) < 4.78 is 0. The maximum atomic E-state index is 11.8. The molecule has 18 heavy (non-hydrogen) atoms. The first-order chi connectivity index (χ1) is 8.66. The number of nitrogens with zero attached hydrogens (tertiary/aromatic N) is 1. The number of fused-ring (bicyclic) bond motifs is 1. The van der Waals surface area contributed by atoms with E-state index in [0.29, 0.717) is 31.3 Å². The van der Waals surface area contributed by atoms with Gasteiger partial charge in [0.1, 0.15) is 0 Å². The molecule has 0 aromatic rings. The van der Waals surface area contributed by atoms with E-state index >= 15 is 0 Å². The zero-order valence-corrected chi connectivity index (χ0v) is 10.7. The molecule has 0 spiro atoms. The van der Waals surface area contributed by atoms with E-state index in [1.165, 1.54) is 19.4 Å². The van der Waals surface area contributed by atoms with Crippen LogP contribution in [0, 0.1) is 0 Å². The maximum Gasteiger partial charge on any atom is 0.303 e. The largest absolute Gasteiger partial charge is 0.481 e. The predicted octanol–water partition coefficient (Wildman–Crippen LogP) is 0.984. The van der Waals surface area contributed by atoms with E-state index in [2.05, 4.69) is 10.2 Å². The molecule has 2 N–H and O–H groups in total. The fraction of sp³-hybridized carbons (Fsp3) is 0.846. The summed E-state index contributed by atoms with van der Waals surface area (Å²) in [5, 5.41) is 11.6. The number of carbonyl (C=O) groups is 2. The van der Waals surface area contributed by atoms with Gasteiger partial charge < -0.3 is 10.4 Å². The Morgan fingerprint density at radius 3 is 2.72 bits per heavy atom. The summed E-state index contributed by atoms with van der Waals surface area (Å²) in [7, 11) is 0. The normalized spacial score (nSPS) is 27.1. The number of carboxylic acid groups (broad SMARTS) is 1. The number of nitrogens with one attached hydrogen (secondary N) is 1. The smallest absolute Gasteiger partial charge is 0.303 e. The Balaban J connectivity index is 1.63. The third kappa shape index (κ3) is 3.45. The fourth-order valence-corrected chi connectivity index (χ4v) is 3.09. The molecular weight excluding hydrogens is 232 g/mol. The van der Waals surface area contributed by atoms with Crippen LogP contribution in [0.1, 0.15) is 44.9 Å². The second-order valence-corrected chi connectivity index (χ2v) is 5.31. The first kappa shape index (κ1) is 13.3. The number of rotatable bonds is 6. The zero-order valence-electron chi connectivity index (χ0n) is 10.7. The van der Waals surface area contributed by atoms with Gasteiger partial charge in [-0.3, -0.25) is 14.5 Å². The van der Waals surface area contributed by atoms with Crippen LogP contribution in [0.25, 0.3) is 0 Å². The first-order valence-corrected chi connectivity index (χ1v) is 6.92. The highest BCUT2D eigenvalue weighted by Crippen LogP contribution is 2.27. The Morgan fingerprint density at radius 2 is 1.94 bits per heavy atom. The Morgan fingerprint density at radius 1 is 1.17 bits per heavy atom. The summed E-state index contributed by atoms with van der Waals surface area (Å²) in [5.74, 6) is -0.702. The third-order valence-electron chi connectivity index (χ3n) is 4.00. The van der Waals surface area contributed by atoms with Gasteiger partial charge in [0.2, 0.25) is 5.91 Å². The molecule has 102 valence electrons. The molecule has 2 rings (SSSR count). The lowest BCUT2D eigenvalue weighted by atomic mass is 10.1. The summed E-state index contributed by atoms with van der Waals surface area (Å²) >= 11 is 0. The van der Waals surface area contributed by atoms with Crippen molar-refractivity contribution in [2.45, 2.75) is 57.0 Å². The highest BCUT2D eigenvalue weighted by molar-refractivity contribution is 5.76. The van der Waals surface area contributed by atoms with Gasteiger partial charge in [0.05, 0.1) is 0 Å². The minimum Gasteiger partial charge on any atom is -0.481 e. The number of unbranched alkanes of at least 4 members (excludes halogenated alkanes) is 1. The van der Waals surface area contributed by atoms with Crippen LogP contribution in [-0.4, -0.2) is 47.1 Å². The molecule has 2 unspecified atom stereocenters. The van der Waals surface area contributed by atoms with Gasteiger partial charge in [0.15, 0.2) is 0 Å². The van der Waals surface area contributed by atoms with Gasteiger partial charge in [-0.15, -0.1) is 0 Å². The van der Waals surface area contributed by atoms with E-state index in [0.717, 1.165) is 13.0 Å². The Hall–Kier alpha value is -1.10. The van der Waals surface area contributed by atoms with Crippen LogP contribution in [0.15, 0.2) is 0 Å². The third-order valence-corrected chi connectivity index (χ3v) is 4.00. The van der Waals surface area contributed by atoms with Gasteiger partial charge in [0, 0.05) is 31.5 Å². The van der Waals surface area contributed by atoms with Gasteiger partial charge in [0.25, 0.3) is 0 Å². The van der Waals surface area contributed by atoms with E-state index in [1.807, 2.05) is 0 Å². The van der Waals surface area contributed by atoms with Crippen LogP contribution in [-0.2, 0) is 9.59 Å². The summed E-state index contributed by atoms with van der Waals surface area (Å²) in [4.78, 5) is 24.6. The van der Waals surface area contributed by atoms with Crippen LogP contribution >= 0.6 is 0 Å². The van der Waals surface area contributed by atoms with Crippen LogP contribution in [0.4, 0.5) is 0 Å². The second-order valence-electron chi connectivity index (χ2n) is 5.31. The highest BCUT2D eigenvalue weighted by Gasteiger charge is 2.37. The lowest BCUT2D eigenvalue weighted by Gasteiger charge is -2.21. The molecule has 5 nitrogen and oxygen atoms in total. The molecule has 0 radical (unpaired) electrons. The molecule has 0 saturated carbocycles. The van der Waals surface area contributed by atoms with Crippen LogP contribution < -0.4 is 5.32 Å². The van der Waals surface area contributed by atoms with Gasteiger partial charge in [-0.1, -0.05) is 0 Å². The van der Waals surface area contributed by atoms with Crippen LogP contribution in [0.3, 0.4) is 0 Å². The standard InChI is InChI=1S/C13H22N2O3/c16-12(5-1-2-6-13(17)18)14-10-7-9-15-8-3-4-11(10)15/h10-11H,1-9H2,(H,14,16)(H,17,18). The summed E-state index contributed by atoms with van der Waals surface area (Å²) in [5.41, 5.74) is 0. The van der Waals surface area contributed by atoms with Crippen molar-refractivity contribution in [3.63, 3.8) is 0 Å². The minimum atomic E-state index is -0.784. The number of hydrogen-bond acceptors (Lipinski definition) is 3. The fourth-order valence-electron chi connectivity index (χ4n) is 3.09. The lowest BCUT2D eigenvalue weighted by Crippen LogP contribution is -2.42. The quantitative estimate of drug-likeness (QED) is 0.693. The highest BCUT2D eigenvalue weighted by atomic mass is 16.4. The number of hydrogen-bond donors (Lipinski definition) is 2. The number of aliphatic carboxylic acids is 1. The van der Waals surface area contributed by atoms with Crippen molar-refractivity contribution in [1.29, 1.82) is 0 Å². The molecule has 0 aromatic carbocycles. The SMILES string of the molecule is O=C(O)CCCCC(=O)NC1CCN2CCCC12. The molecule has 0 aromatic heterocycles. The summed E-state index contributed by atoms with van der Waals surface area (Å²) in [6.45, 7) is 2.28. The topological polar surface area (TPSA) is 69.6 Å². The van der Waals surface area contributed by atoms with E-state index in [9.17, 15) is 9.59 Å². The second kappa shape index (κ2) is 6.18. The Labute approximate surface area is 108 Å². The molecule has 2 atom stereocenters. The van der Waals surface area contributed by atoms with E-state index in [-0.39, 0.29) is 12.3 Å². The van der Waals surface area contributed by atoms with Gasteiger partial charge in [-0.05, 0) is 38.6 Å². The van der Waals surface area contributed by atoms with Crippen molar-refractivity contribution >= 4 is 11.9 Å². The van der Waals surface area contributed by atoms with Crippen molar-refractivity contribution in [2.24, 2.45) is 0 Å². The molecule has 2 saturated heterocycles. The molecule has 0 aliphatic carbocycles. The number of amides is 1. The summed E-state index contributed by atoms with van der Waals surface area (Å²) in [6, 6.07) is 0.868. The molecule has 2 aliphatic rings. The number of carboxylic acids is 1. The zero-order chi connectivity index (χ0) is 13.0. The maximum absolute atomic E-state index is 11.8. The van der Waals surface area contributed by atoms with Crippen molar-refractivity contribution < 1.29 is 14.7 Å².